The van der Waals surface area contributed by atoms with E-state index in [0.717, 1.165) is 0 Å². The van der Waals surface area contributed by atoms with Gasteiger partial charge in [0.2, 0.25) is 0 Å². The van der Waals surface area contributed by atoms with Gasteiger partial charge >= 0.3 is 5.97 Å². The first-order valence-corrected chi connectivity index (χ1v) is 9.04. The predicted octanol–water partition coefficient (Wildman–Crippen LogP) is 5.40. The summed E-state index contributed by atoms with van der Waals surface area (Å²) in [5, 5.41) is 15.0. The van der Waals surface area contributed by atoms with Crippen LogP contribution in [0.1, 0.15) is 20.7 Å². The number of fused-ring (bicyclic) bond motifs is 1. The van der Waals surface area contributed by atoms with Crippen LogP contribution in [-0.4, -0.2) is 26.8 Å². The molecule has 5 nitrogen and oxygen atoms in total. The number of halogens is 2. The lowest BCUT2D eigenvalue weighted by molar-refractivity contribution is 0.0697. The van der Waals surface area contributed by atoms with Gasteiger partial charge in [0, 0.05) is 10.9 Å². The van der Waals surface area contributed by atoms with Gasteiger partial charge in [-0.1, -0.05) is 65.7 Å². The van der Waals surface area contributed by atoms with Crippen molar-refractivity contribution in [3.05, 3.63) is 87.9 Å². The highest BCUT2D eigenvalue weighted by Crippen LogP contribution is 2.32. The molecule has 0 saturated carbocycles. The zero-order valence-electron chi connectivity index (χ0n) is 14.3. The third-order valence-corrected chi connectivity index (χ3v) is 5.00. The fraction of sp³-hybridized carbons (Fsp3) is 0. The highest BCUT2D eigenvalue weighted by Gasteiger charge is 2.23. The number of rotatable bonds is 3. The lowest BCUT2D eigenvalue weighted by Gasteiger charge is -2.06. The van der Waals surface area contributed by atoms with Gasteiger partial charge in [0.05, 0.1) is 26.7 Å². The highest BCUT2D eigenvalue weighted by atomic mass is 35.5. The number of carboxylic acids is 1. The van der Waals surface area contributed by atoms with E-state index in [9.17, 15) is 14.7 Å². The molecule has 1 heterocycles. The maximum absolute atomic E-state index is 13.2. The second kappa shape index (κ2) is 7.11. The van der Waals surface area contributed by atoms with Gasteiger partial charge in [-0.2, -0.15) is 9.78 Å². The van der Waals surface area contributed by atoms with Crippen molar-refractivity contribution in [2.24, 2.45) is 0 Å². The van der Waals surface area contributed by atoms with E-state index in [-0.39, 0.29) is 21.2 Å². The van der Waals surface area contributed by atoms with Crippen LogP contribution in [0.25, 0.3) is 22.2 Å². The van der Waals surface area contributed by atoms with Crippen LogP contribution >= 0.6 is 23.2 Å². The molecular weight excluding hydrogens is 399 g/mol. The molecule has 0 atom stereocenters. The molecule has 0 aliphatic carbocycles. The lowest BCUT2D eigenvalue weighted by atomic mass is 10.0. The molecule has 0 amide bonds. The molecule has 1 N–H and O–H groups in total. The standard InChI is InChI=1S/C21H12Cl2N2O3/c22-15-9-5-10-16(23)18(15)20(26)25-17-11-4-3-8-14(17)19(24-25)12-6-1-2-7-13(12)21(27)28/h1-11H,(H,27,28). The first-order chi connectivity index (χ1) is 13.5. The summed E-state index contributed by atoms with van der Waals surface area (Å²) >= 11 is 12.4. The molecule has 0 aliphatic rings. The first-order valence-electron chi connectivity index (χ1n) is 8.28. The van der Waals surface area contributed by atoms with Gasteiger partial charge in [0.15, 0.2) is 0 Å². The Labute approximate surface area is 169 Å². The summed E-state index contributed by atoms with van der Waals surface area (Å²) in [5.74, 6) is -1.57. The number of carboxylic acid groups (broad SMARTS) is 1. The van der Waals surface area contributed by atoms with E-state index in [2.05, 4.69) is 5.10 Å². The molecule has 1 aromatic heterocycles. The lowest BCUT2D eigenvalue weighted by Crippen LogP contribution is -2.15. The minimum atomic E-state index is -1.07. The van der Waals surface area contributed by atoms with Gasteiger partial charge in [-0.05, 0) is 24.3 Å². The fourth-order valence-electron chi connectivity index (χ4n) is 3.10. The zero-order chi connectivity index (χ0) is 19.8. The van der Waals surface area contributed by atoms with Crippen molar-refractivity contribution in [3.63, 3.8) is 0 Å². The molecule has 0 bridgehead atoms. The molecule has 0 spiro atoms. The van der Waals surface area contributed by atoms with Crippen molar-refractivity contribution in [1.29, 1.82) is 0 Å². The number of carbonyl (C=O) groups excluding carboxylic acids is 1. The van der Waals surface area contributed by atoms with Crippen LogP contribution in [-0.2, 0) is 0 Å². The Morgan fingerprint density at radius 1 is 0.857 bits per heavy atom. The second-order valence-corrected chi connectivity index (χ2v) is 6.84. The molecule has 0 aliphatic heterocycles. The SMILES string of the molecule is O=C(O)c1ccccc1-c1nn(C(=O)c2c(Cl)cccc2Cl)c2ccccc12. The third-order valence-electron chi connectivity index (χ3n) is 4.37. The number of nitrogens with zero attached hydrogens (tertiary/aromatic N) is 2. The van der Waals surface area contributed by atoms with E-state index < -0.39 is 11.9 Å². The molecule has 0 fully saturated rings. The van der Waals surface area contributed by atoms with Crippen LogP contribution in [0.2, 0.25) is 10.0 Å². The number of aromatic carboxylic acids is 1. The van der Waals surface area contributed by atoms with E-state index in [1.54, 1.807) is 60.7 Å². The van der Waals surface area contributed by atoms with Gasteiger partial charge < -0.3 is 5.11 Å². The number of carbonyl (C=O) groups is 2. The minimum Gasteiger partial charge on any atom is -0.478 e. The summed E-state index contributed by atoms with van der Waals surface area (Å²) in [6.07, 6.45) is 0. The normalized spacial score (nSPS) is 10.9. The second-order valence-electron chi connectivity index (χ2n) is 6.03. The topological polar surface area (TPSA) is 72.2 Å². The summed E-state index contributed by atoms with van der Waals surface area (Å²) in [5.41, 5.74) is 1.57. The van der Waals surface area contributed by atoms with Crippen LogP contribution in [0, 0.1) is 0 Å². The van der Waals surface area contributed by atoms with Crippen molar-refractivity contribution in [3.8, 4) is 11.3 Å². The maximum atomic E-state index is 13.2. The summed E-state index contributed by atoms with van der Waals surface area (Å²) < 4.78 is 1.20. The number of para-hydroxylation sites is 1. The Hall–Kier alpha value is -3.15. The Morgan fingerprint density at radius 2 is 1.50 bits per heavy atom. The monoisotopic (exact) mass is 410 g/mol. The summed E-state index contributed by atoms with van der Waals surface area (Å²) in [6.45, 7) is 0. The molecule has 7 heteroatoms. The van der Waals surface area contributed by atoms with Crippen molar-refractivity contribution in [2.45, 2.75) is 0 Å². The average Bonchev–Trinajstić information content (AvgIpc) is 3.07. The van der Waals surface area contributed by atoms with Crippen LogP contribution in [0.5, 0.6) is 0 Å². The van der Waals surface area contributed by atoms with Crippen molar-refractivity contribution < 1.29 is 14.7 Å². The van der Waals surface area contributed by atoms with E-state index in [4.69, 9.17) is 23.2 Å². The van der Waals surface area contributed by atoms with Crippen LogP contribution in [0.4, 0.5) is 0 Å². The molecule has 3 aromatic carbocycles. The predicted molar refractivity (Wildman–Crippen MR) is 108 cm³/mol. The Kier molecular flexibility index (Phi) is 4.63. The maximum Gasteiger partial charge on any atom is 0.336 e. The fourth-order valence-corrected chi connectivity index (χ4v) is 3.66. The van der Waals surface area contributed by atoms with Crippen molar-refractivity contribution in [2.75, 3.05) is 0 Å². The number of hydrogen-bond acceptors (Lipinski definition) is 3. The Morgan fingerprint density at radius 3 is 2.21 bits per heavy atom. The van der Waals surface area contributed by atoms with Crippen LogP contribution in [0.3, 0.4) is 0 Å². The Balaban J connectivity index is 1.99. The van der Waals surface area contributed by atoms with Gasteiger partial charge in [-0.3, -0.25) is 4.79 Å². The molecule has 138 valence electrons. The molecular formula is C21H12Cl2N2O3. The van der Waals surface area contributed by atoms with Gasteiger partial charge in [0.25, 0.3) is 5.91 Å². The largest absolute Gasteiger partial charge is 0.478 e. The smallest absolute Gasteiger partial charge is 0.336 e. The molecule has 28 heavy (non-hydrogen) atoms. The van der Waals surface area contributed by atoms with Gasteiger partial charge in [0.1, 0.15) is 5.69 Å². The third kappa shape index (κ3) is 2.95. The van der Waals surface area contributed by atoms with E-state index in [1.807, 2.05) is 0 Å². The summed E-state index contributed by atoms with van der Waals surface area (Å²) in [6, 6.07) is 18.4. The van der Waals surface area contributed by atoms with Crippen LogP contribution in [0.15, 0.2) is 66.7 Å². The number of aromatic nitrogens is 2. The molecule has 0 saturated heterocycles. The van der Waals surface area contributed by atoms with Gasteiger partial charge in [-0.15, -0.1) is 0 Å². The molecule has 4 rings (SSSR count). The van der Waals surface area contributed by atoms with Crippen molar-refractivity contribution in [1.82, 2.24) is 9.78 Å². The molecule has 0 radical (unpaired) electrons. The quantitative estimate of drug-likeness (QED) is 0.490. The van der Waals surface area contributed by atoms with Crippen LogP contribution < -0.4 is 0 Å². The molecule has 4 aromatic rings. The number of benzene rings is 3. The van der Waals surface area contributed by atoms with E-state index in [0.29, 0.717) is 22.2 Å². The van der Waals surface area contributed by atoms with Crippen molar-refractivity contribution >= 4 is 46.0 Å². The van der Waals surface area contributed by atoms with E-state index >= 15 is 0 Å². The summed E-state index contributed by atoms with van der Waals surface area (Å²) in [4.78, 5) is 24.8. The van der Waals surface area contributed by atoms with E-state index in [1.165, 1.54) is 10.7 Å². The minimum absolute atomic E-state index is 0.0983. The first kappa shape index (κ1) is 18.2. The average molecular weight is 411 g/mol. The highest BCUT2D eigenvalue weighted by molar-refractivity contribution is 6.40. The number of hydrogen-bond donors (Lipinski definition) is 1. The van der Waals surface area contributed by atoms with Gasteiger partial charge in [-0.25, -0.2) is 4.79 Å². The molecule has 0 unspecified atom stereocenters. The zero-order valence-corrected chi connectivity index (χ0v) is 15.8. The Bertz CT molecular complexity index is 1230. The summed E-state index contributed by atoms with van der Waals surface area (Å²) in [7, 11) is 0.